The fourth-order valence-electron chi connectivity index (χ4n) is 2.72. The van der Waals surface area contributed by atoms with Crippen LogP contribution in [0.5, 0.6) is 5.75 Å². The third-order valence-electron chi connectivity index (χ3n) is 4.02. The summed E-state index contributed by atoms with van der Waals surface area (Å²) in [6.45, 7) is 2.64. The van der Waals surface area contributed by atoms with Gasteiger partial charge in [-0.15, -0.1) is 0 Å². The Labute approximate surface area is 146 Å². The van der Waals surface area contributed by atoms with Crippen LogP contribution in [0.3, 0.4) is 0 Å². The van der Waals surface area contributed by atoms with Crippen molar-refractivity contribution in [1.29, 1.82) is 0 Å². The lowest BCUT2D eigenvalue weighted by Crippen LogP contribution is -2.26. The average Bonchev–Trinajstić information content (AvgIpc) is 3.04. The van der Waals surface area contributed by atoms with Crippen LogP contribution in [0.25, 0.3) is 0 Å². The average molecular weight is 340 g/mol. The van der Waals surface area contributed by atoms with Crippen molar-refractivity contribution in [3.8, 4) is 5.75 Å². The molecule has 0 amide bonds. The first kappa shape index (κ1) is 17.0. The fraction of sp³-hybridized carbons (Fsp3) is 0.300. The SMILES string of the molecule is CCCCOc1ccccc1[C@@H]1OC(=O)O[C@H]1C(=O)c1ccccc1. The standard InChI is InChI=1S/C20H20O5/c1-2-3-13-23-16-12-8-7-11-15(16)18-19(25-20(22)24-18)17(21)14-9-5-4-6-10-14/h4-12,18-19H,2-3,13H2,1H3/t18-,19-/m0/s1. The number of rotatable bonds is 7. The second kappa shape index (κ2) is 7.83. The summed E-state index contributed by atoms with van der Waals surface area (Å²) in [5, 5.41) is 0. The molecule has 1 aliphatic heterocycles. The van der Waals surface area contributed by atoms with Gasteiger partial charge < -0.3 is 14.2 Å². The summed E-state index contributed by atoms with van der Waals surface area (Å²) in [6.07, 6.45) is -0.757. The number of Topliss-reactive ketones (excluding diaryl/α,β-unsaturated/α-hetero) is 1. The minimum atomic E-state index is -1.02. The maximum atomic E-state index is 12.7. The monoisotopic (exact) mass is 340 g/mol. The van der Waals surface area contributed by atoms with E-state index in [9.17, 15) is 9.59 Å². The summed E-state index contributed by atoms with van der Waals surface area (Å²) in [6, 6.07) is 16.0. The highest BCUT2D eigenvalue weighted by atomic mass is 16.8. The van der Waals surface area contributed by atoms with Gasteiger partial charge in [0.25, 0.3) is 0 Å². The third-order valence-corrected chi connectivity index (χ3v) is 4.02. The lowest BCUT2D eigenvalue weighted by Gasteiger charge is -2.18. The van der Waals surface area contributed by atoms with Gasteiger partial charge in [0.15, 0.2) is 6.10 Å². The Balaban J connectivity index is 1.87. The molecule has 0 bridgehead atoms. The molecule has 2 aromatic rings. The molecule has 1 heterocycles. The van der Waals surface area contributed by atoms with Gasteiger partial charge in [0.05, 0.1) is 6.61 Å². The van der Waals surface area contributed by atoms with E-state index in [2.05, 4.69) is 6.92 Å². The second-order valence-electron chi connectivity index (χ2n) is 5.80. The number of carbonyl (C=O) groups is 2. The molecule has 0 N–H and O–H groups in total. The lowest BCUT2D eigenvalue weighted by molar-refractivity contribution is 0.0713. The molecule has 0 saturated carbocycles. The Hall–Kier alpha value is -2.82. The van der Waals surface area contributed by atoms with Crippen molar-refractivity contribution in [2.75, 3.05) is 6.61 Å². The summed E-state index contributed by atoms with van der Waals surface area (Å²) in [5.41, 5.74) is 1.11. The Morgan fingerprint density at radius 1 is 1.04 bits per heavy atom. The number of para-hydroxylation sites is 1. The number of benzene rings is 2. The zero-order chi connectivity index (χ0) is 17.6. The number of ketones is 1. The molecule has 2 aromatic carbocycles. The largest absolute Gasteiger partial charge is 0.509 e. The van der Waals surface area contributed by atoms with Gasteiger partial charge in [0.2, 0.25) is 11.9 Å². The van der Waals surface area contributed by atoms with E-state index < -0.39 is 18.4 Å². The maximum absolute atomic E-state index is 12.7. The minimum Gasteiger partial charge on any atom is -0.493 e. The summed E-state index contributed by atoms with van der Waals surface area (Å²) in [5.74, 6) is 0.310. The molecule has 3 rings (SSSR count). The molecule has 0 spiro atoms. The topological polar surface area (TPSA) is 61.8 Å². The summed E-state index contributed by atoms with van der Waals surface area (Å²) in [4.78, 5) is 24.5. The molecule has 1 fully saturated rings. The van der Waals surface area contributed by atoms with Gasteiger partial charge >= 0.3 is 6.16 Å². The van der Waals surface area contributed by atoms with E-state index in [1.165, 1.54) is 0 Å². The zero-order valence-corrected chi connectivity index (χ0v) is 14.0. The van der Waals surface area contributed by atoms with Crippen LogP contribution < -0.4 is 4.74 Å². The van der Waals surface area contributed by atoms with E-state index in [0.29, 0.717) is 23.5 Å². The van der Waals surface area contributed by atoms with Crippen LogP contribution in [0.1, 0.15) is 41.8 Å². The van der Waals surface area contributed by atoms with Crippen LogP contribution in [0.2, 0.25) is 0 Å². The molecule has 5 heteroatoms. The smallest absolute Gasteiger partial charge is 0.493 e. The Kier molecular flexibility index (Phi) is 5.33. The van der Waals surface area contributed by atoms with Crippen molar-refractivity contribution in [2.24, 2.45) is 0 Å². The van der Waals surface area contributed by atoms with Crippen molar-refractivity contribution in [1.82, 2.24) is 0 Å². The number of unbranched alkanes of at least 4 members (excludes halogenated alkanes) is 1. The summed E-state index contributed by atoms with van der Waals surface area (Å²) < 4.78 is 16.2. The highest BCUT2D eigenvalue weighted by Gasteiger charge is 2.44. The molecular weight excluding hydrogens is 320 g/mol. The first-order valence-electron chi connectivity index (χ1n) is 8.39. The van der Waals surface area contributed by atoms with Crippen molar-refractivity contribution >= 4 is 11.9 Å². The van der Waals surface area contributed by atoms with Crippen LogP contribution >= 0.6 is 0 Å². The van der Waals surface area contributed by atoms with Crippen molar-refractivity contribution in [3.05, 3.63) is 65.7 Å². The Bertz CT molecular complexity index is 741. The summed E-state index contributed by atoms with van der Waals surface area (Å²) >= 11 is 0. The number of carbonyl (C=O) groups excluding carboxylic acids is 2. The van der Waals surface area contributed by atoms with Gasteiger partial charge in [-0.1, -0.05) is 61.9 Å². The highest BCUT2D eigenvalue weighted by Crippen LogP contribution is 2.37. The predicted octanol–water partition coefficient (Wildman–Crippen LogP) is 4.32. The molecule has 0 unspecified atom stereocenters. The molecule has 5 nitrogen and oxygen atoms in total. The molecule has 130 valence electrons. The molecule has 0 radical (unpaired) electrons. The molecule has 2 atom stereocenters. The molecule has 25 heavy (non-hydrogen) atoms. The van der Waals surface area contributed by atoms with Gasteiger partial charge in [-0.2, -0.15) is 0 Å². The Morgan fingerprint density at radius 3 is 2.52 bits per heavy atom. The van der Waals surface area contributed by atoms with Crippen molar-refractivity contribution < 1.29 is 23.8 Å². The summed E-state index contributed by atoms with van der Waals surface area (Å²) in [7, 11) is 0. The number of hydrogen-bond acceptors (Lipinski definition) is 5. The highest BCUT2D eigenvalue weighted by molar-refractivity contribution is 6.01. The van der Waals surface area contributed by atoms with Gasteiger partial charge in [-0.3, -0.25) is 4.79 Å². The number of ether oxygens (including phenoxy) is 3. The minimum absolute atomic E-state index is 0.292. The maximum Gasteiger partial charge on any atom is 0.509 e. The van der Waals surface area contributed by atoms with E-state index in [4.69, 9.17) is 14.2 Å². The number of cyclic esters (lactones) is 2. The predicted molar refractivity (Wildman–Crippen MR) is 91.7 cm³/mol. The van der Waals surface area contributed by atoms with E-state index >= 15 is 0 Å². The normalized spacial score (nSPS) is 19.2. The van der Waals surface area contributed by atoms with Gasteiger partial charge in [-0.05, 0) is 12.5 Å². The Morgan fingerprint density at radius 2 is 1.76 bits per heavy atom. The van der Waals surface area contributed by atoms with Crippen LogP contribution in [0, 0.1) is 0 Å². The third kappa shape index (κ3) is 3.82. The van der Waals surface area contributed by atoms with Crippen LogP contribution in [0.15, 0.2) is 54.6 Å². The first-order valence-corrected chi connectivity index (χ1v) is 8.39. The first-order chi connectivity index (χ1) is 12.2. The molecule has 0 aromatic heterocycles. The molecule has 0 aliphatic carbocycles. The lowest BCUT2D eigenvalue weighted by atomic mass is 9.97. The van der Waals surface area contributed by atoms with Crippen LogP contribution in [-0.4, -0.2) is 24.6 Å². The van der Waals surface area contributed by atoms with Crippen molar-refractivity contribution in [2.45, 2.75) is 32.0 Å². The van der Waals surface area contributed by atoms with E-state index in [-0.39, 0.29) is 5.78 Å². The van der Waals surface area contributed by atoms with Gasteiger partial charge in [0, 0.05) is 11.1 Å². The van der Waals surface area contributed by atoms with Crippen LogP contribution in [0.4, 0.5) is 4.79 Å². The zero-order valence-electron chi connectivity index (χ0n) is 14.0. The quantitative estimate of drug-likeness (QED) is 0.427. The molecule has 1 aliphatic rings. The fourth-order valence-corrected chi connectivity index (χ4v) is 2.72. The second-order valence-corrected chi connectivity index (χ2v) is 5.80. The van der Waals surface area contributed by atoms with E-state index in [0.717, 1.165) is 12.8 Å². The van der Waals surface area contributed by atoms with E-state index in [1.54, 1.807) is 36.4 Å². The van der Waals surface area contributed by atoms with Gasteiger partial charge in [-0.25, -0.2) is 4.79 Å². The van der Waals surface area contributed by atoms with Gasteiger partial charge in [0.1, 0.15) is 5.75 Å². The van der Waals surface area contributed by atoms with E-state index in [1.807, 2.05) is 18.2 Å². The van der Waals surface area contributed by atoms with Crippen molar-refractivity contribution in [3.63, 3.8) is 0 Å². The molecular formula is C20H20O5. The molecule has 1 saturated heterocycles. The van der Waals surface area contributed by atoms with Crippen LogP contribution in [-0.2, 0) is 9.47 Å². The number of hydrogen-bond donors (Lipinski definition) is 0.